The van der Waals surface area contributed by atoms with Gasteiger partial charge < -0.3 is 14.9 Å². The average Bonchev–Trinajstić information content (AvgIpc) is 2.37. The zero-order chi connectivity index (χ0) is 12.1. The first kappa shape index (κ1) is 13.3. The fourth-order valence-corrected chi connectivity index (χ4v) is 3.08. The van der Waals surface area contributed by atoms with Gasteiger partial charge in [-0.2, -0.15) is 0 Å². The van der Waals surface area contributed by atoms with Gasteiger partial charge in [-0.05, 0) is 32.9 Å². The Hall–Kier alpha value is -0.160. The van der Waals surface area contributed by atoms with Crippen molar-refractivity contribution in [3.63, 3.8) is 0 Å². The predicted molar refractivity (Wildman–Crippen MR) is 70.2 cm³/mol. The fraction of sp³-hybridized carbons (Fsp3) is 1.00. The number of piperidine rings is 1. The minimum atomic E-state index is 0.327. The number of likely N-dealkylation sites (tertiary alicyclic amines) is 1. The Morgan fingerprint density at radius 1 is 1.12 bits per heavy atom. The van der Waals surface area contributed by atoms with E-state index in [1.54, 1.807) is 0 Å². The van der Waals surface area contributed by atoms with Gasteiger partial charge >= 0.3 is 0 Å². The minimum Gasteiger partial charge on any atom is -0.396 e. The molecule has 2 aliphatic heterocycles. The van der Waals surface area contributed by atoms with Crippen LogP contribution < -0.4 is 0 Å². The second-order valence-corrected chi connectivity index (χ2v) is 5.51. The molecule has 0 spiro atoms. The molecule has 0 bridgehead atoms. The van der Waals surface area contributed by atoms with E-state index in [9.17, 15) is 0 Å². The van der Waals surface area contributed by atoms with Gasteiger partial charge in [0.25, 0.3) is 0 Å². The molecular formula is C13H27N3O. The molecule has 0 saturated carbocycles. The zero-order valence-electron chi connectivity index (χ0n) is 11.1. The highest BCUT2D eigenvalue weighted by Gasteiger charge is 2.26. The topological polar surface area (TPSA) is 30.0 Å². The van der Waals surface area contributed by atoms with Gasteiger partial charge in [0.05, 0.1) is 0 Å². The number of rotatable bonds is 4. The van der Waals surface area contributed by atoms with Crippen LogP contribution in [0, 0.1) is 0 Å². The summed E-state index contributed by atoms with van der Waals surface area (Å²) in [6.07, 6.45) is 3.65. The van der Waals surface area contributed by atoms with E-state index in [2.05, 4.69) is 21.7 Å². The lowest BCUT2D eigenvalue weighted by molar-refractivity contribution is 0.0573. The van der Waals surface area contributed by atoms with E-state index in [1.807, 2.05) is 0 Å². The van der Waals surface area contributed by atoms with Gasteiger partial charge in [-0.15, -0.1) is 0 Å². The molecule has 0 aromatic heterocycles. The molecule has 17 heavy (non-hydrogen) atoms. The van der Waals surface area contributed by atoms with Crippen molar-refractivity contribution in [3.05, 3.63) is 0 Å². The average molecular weight is 241 g/mol. The summed E-state index contributed by atoms with van der Waals surface area (Å²) in [6.45, 7) is 8.69. The molecule has 0 radical (unpaired) electrons. The number of nitrogens with zero attached hydrogens (tertiary/aromatic N) is 3. The number of aliphatic hydroxyl groups excluding tert-OH is 1. The summed E-state index contributed by atoms with van der Waals surface area (Å²) in [7, 11) is 2.24. The quantitative estimate of drug-likeness (QED) is 0.755. The molecule has 2 saturated heterocycles. The summed E-state index contributed by atoms with van der Waals surface area (Å²) in [5.41, 5.74) is 0. The molecule has 2 fully saturated rings. The van der Waals surface area contributed by atoms with Gasteiger partial charge in [0.15, 0.2) is 0 Å². The maximum atomic E-state index is 8.84. The summed E-state index contributed by atoms with van der Waals surface area (Å²) < 4.78 is 0. The Kier molecular flexibility index (Phi) is 5.22. The standard InChI is InChI=1S/C13H27N3O/c1-14-5-2-4-13(12-14)16-9-7-15(8-10-16)6-3-11-17/h13,17H,2-12H2,1H3. The van der Waals surface area contributed by atoms with Crippen LogP contribution in [0.3, 0.4) is 0 Å². The van der Waals surface area contributed by atoms with E-state index in [0.717, 1.165) is 19.0 Å². The lowest BCUT2D eigenvalue weighted by Gasteiger charge is -2.42. The molecule has 0 aromatic carbocycles. The van der Waals surface area contributed by atoms with Crippen molar-refractivity contribution < 1.29 is 5.11 Å². The molecule has 100 valence electrons. The molecule has 1 unspecified atom stereocenters. The molecule has 4 nitrogen and oxygen atoms in total. The van der Waals surface area contributed by atoms with Gasteiger partial charge in [-0.1, -0.05) is 0 Å². The number of hydrogen-bond donors (Lipinski definition) is 1. The molecule has 0 aliphatic carbocycles. The Morgan fingerprint density at radius 3 is 2.53 bits per heavy atom. The first-order valence-electron chi connectivity index (χ1n) is 7.05. The van der Waals surface area contributed by atoms with Crippen LogP contribution in [0.2, 0.25) is 0 Å². The lowest BCUT2D eigenvalue weighted by Crippen LogP contribution is -2.54. The van der Waals surface area contributed by atoms with E-state index < -0.39 is 0 Å². The number of piperazine rings is 1. The Labute approximate surface area is 105 Å². The summed E-state index contributed by atoms with van der Waals surface area (Å²) in [6, 6.07) is 0.786. The van der Waals surface area contributed by atoms with E-state index in [0.29, 0.717) is 6.61 Å². The van der Waals surface area contributed by atoms with Gasteiger partial charge in [-0.25, -0.2) is 0 Å². The van der Waals surface area contributed by atoms with Crippen LogP contribution in [-0.2, 0) is 0 Å². The SMILES string of the molecule is CN1CCCC(N2CCN(CCCO)CC2)C1. The largest absolute Gasteiger partial charge is 0.396 e. The van der Waals surface area contributed by atoms with E-state index in [1.165, 1.54) is 52.1 Å². The van der Waals surface area contributed by atoms with Crippen molar-refractivity contribution in [1.29, 1.82) is 0 Å². The molecular weight excluding hydrogens is 214 g/mol. The zero-order valence-corrected chi connectivity index (χ0v) is 11.1. The Balaban J connectivity index is 1.71. The normalized spacial score (nSPS) is 29.6. The summed E-state index contributed by atoms with van der Waals surface area (Å²) in [5.74, 6) is 0. The van der Waals surface area contributed by atoms with Crippen LogP contribution in [0.5, 0.6) is 0 Å². The van der Waals surface area contributed by atoms with Crippen molar-refractivity contribution in [2.75, 3.05) is 59.5 Å². The van der Waals surface area contributed by atoms with Crippen molar-refractivity contribution in [3.8, 4) is 0 Å². The molecule has 0 aromatic rings. The third-order valence-corrected chi connectivity index (χ3v) is 4.16. The van der Waals surface area contributed by atoms with Crippen LogP contribution in [-0.4, -0.2) is 85.3 Å². The fourth-order valence-electron chi connectivity index (χ4n) is 3.08. The minimum absolute atomic E-state index is 0.327. The monoisotopic (exact) mass is 241 g/mol. The van der Waals surface area contributed by atoms with Crippen LogP contribution in [0.1, 0.15) is 19.3 Å². The number of hydrogen-bond acceptors (Lipinski definition) is 4. The molecule has 1 N–H and O–H groups in total. The summed E-state index contributed by atoms with van der Waals surface area (Å²) >= 11 is 0. The Bertz CT molecular complexity index is 217. The number of aliphatic hydroxyl groups is 1. The highest BCUT2D eigenvalue weighted by atomic mass is 16.3. The lowest BCUT2D eigenvalue weighted by atomic mass is 10.0. The van der Waals surface area contributed by atoms with Gasteiger partial charge in [-0.3, -0.25) is 4.90 Å². The van der Waals surface area contributed by atoms with Crippen molar-refractivity contribution in [2.24, 2.45) is 0 Å². The second kappa shape index (κ2) is 6.69. The predicted octanol–water partition coefficient (Wildman–Crippen LogP) is 0.0806. The highest BCUT2D eigenvalue weighted by Crippen LogP contribution is 2.16. The van der Waals surface area contributed by atoms with Crippen molar-refractivity contribution >= 4 is 0 Å². The maximum absolute atomic E-state index is 8.84. The highest BCUT2D eigenvalue weighted by molar-refractivity contribution is 4.83. The summed E-state index contributed by atoms with van der Waals surface area (Å²) in [5, 5.41) is 8.84. The first-order chi connectivity index (χ1) is 8.29. The van der Waals surface area contributed by atoms with Gasteiger partial charge in [0, 0.05) is 51.9 Å². The van der Waals surface area contributed by atoms with E-state index in [-0.39, 0.29) is 0 Å². The molecule has 4 heteroatoms. The first-order valence-corrected chi connectivity index (χ1v) is 7.05. The van der Waals surface area contributed by atoms with Gasteiger partial charge in [0.2, 0.25) is 0 Å². The maximum Gasteiger partial charge on any atom is 0.0443 e. The summed E-state index contributed by atoms with van der Waals surface area (Å²) in [4.78, 5) is 7.62. The number of likely N-dealkylation sites (N-methyl/N-ethyl adjacent to an activating group) is 1. The van der Waals surface area contributed by atoms with Crippen LogP contribution in [0.4, 0.5) is 0 Å². The third-order valence-electron chi connectivity index (χ3n) is 4.16. The Morgan fingerprint density at radius 2 is 1.88 bits per heavy atom. The van der Waals surface area contributed by atoms with Crippen LogP contribution in [0.25, 0.3) is 0 Å². The van der Waals surface area contributed by atoms with E-state index >= 15 is 0 Å². The van der Waals surface area contributed by atoms with Gasteiger partial charge in [0.1, 0.15) is 0 Å². The van der Waals surface area contributed by atoms with Crippen LogP contribution in [0.15, 0.2) is 0 Å². The van der Waals surface area contributed by atoms with Crippen molar-refractivity contribution in [1.82, 2.24) is 14.7 Å². The third kappa shape index (κ3) is 3.91. The van der Waals surface area contributed by atoms with E-state index in [4.69, 9.17) is 5.11 Å². The molecule has 1 atom stereocenters. The molecule has 2 heterocycles. The van der Waals surface area contributed by atoms with Crippen LogP contribution >= 0.6 is 0 Å². The molecule has 2 aliphatic rings. The molecule has 2 rings (SSSR count). The second-order valence-electron chi connectivity index (χ2n) is 5.51. The van der Waals surface area contributed by atoms with Crippen molar-refractivity contribution in [2.45, 2.75) is 25.3 Å². The smallest absolute Gasteiger partial charge is 0.0443 e. The molecule has 0 amide bonds.